The Hall–Kier alpha value is -2.64. The highest BCUT2D eigenvalue weighted by molar-refractivity contribution is 5.97. The number of carboxylic acids is 1. The topological polar surface area (TPSA) is 130 Å². The van der Waals surface area contributed by atoms with E-state index in [2.05, 4.69) is 5.32 Å². The molecule has 21 heavy (non-hydrogen) atoms. The average Bonchev–Trinajstić information content (AvgIpc) is 2.42. The number of phenols is 1. The van der Waals surface area contributed by atoms with Crippen LogP contribution in [0.5, 0.6) is 5.75 Å². The van der Waals surface area contributed by atoms with Gasteiger partial charge in [-0.05, 0) is 18.1 Å². The van der Waals surface area contributed by atoms with Gasteiger partial charge in [-0.2, -0.15) is 0 Å². The molecule has 1 aromatic carbocycles. The van der Waals surface area contributed by atoms with Crippen LogP contribution in [0, 0.1) is 16.0 Å². The van der Waals surface area contributed by atoms with E-state index in [4.69, 9.17) is 5.11 Å². The molecule has 1 rings (SSSR count). The van der Waals surface area contributed by atoms with E-state index in [0.29, 0.717) is 6.42 Å². The van der Waals surface area contributed by atoms with Crippen LogP contribution in [-0.4, -0.2) is 33.1 Å². The van der Waals surface area contributed by atoms with Gasteiger partial charge in [-0.25, -0.2) is 4.79 Å². The zero-order chi connectivity index (χ0) is 16.2. The predicted octanol–water partition coefficient (Wildman–Crippen LogP) is 1.53. The van der Waals surface area contributed by atoms with Crippen molar-refractivity contribution in [2.24, 2.45) is 5.92 Å². The van der Waals surface area contributed by atoms with Crippen molar-refractivity contribution in [1.29, 1.82) is 0 Å². The van der Waals surface area contributed by atoms with Gasteiger partial charge in [-0.15, -0.1) is 0 Å². The molecule has 2 atom stereocenters. The maximum atomic E-state index is 12.0. The number of nitrogens with one attached hydrogen (secondary N) is 1. The summed E-state index contributed by atoms with van der Waals surface area (Å²) in [5.41, 5.74) is -0.573. The number of aliphatic carboxylic acids is 1. The molecule has 0 aliphatic carbocycles. The molecule has 0 unspecified atom stereocenters. The van der Waals surface area contributed by atoms with E-state index in [1.54, 1.807) is 13.8 Å². The first-order chi connectivity index (χ1) is 9.77. The largest absolute Gasteiger partial charge is 0.502 e. The Labute approximate surface area is 120 Å². The quantitative estimate of drug-likeness (QED) is 0.539. The average molecular weight is 296 g/mol. The molecule has 0 aromatic heterocycles. The Kier molecular flexibility index (Phi) is 5.23. The number of carbonyl (C=O) groups is 2. The van der Waals surface area contributed by atoms with Gasteiger partial charge in [0.15, 0.2) is 5.75 Å². The number of carboxylic acid groups (broad SMARTS) is 1. The van der Waals surface area contributed by atoms with E-state index in [9.17, 15) is 24.8 Å². The van der Waals surface area contributed by atoms with Crippen molar-refractivity contribution in [3.63, 3.8) is 0 Å². The first-order valence-electron chi connectivity index (χ1n) is 6.29. The minimum absolute atomic E-state index is 0.0485. The number of carbonyl (C=O) groups excluding carboxylic acids is 1. The molecular formula is C13H16N2O6. The molecule has 8 nitrogen and oxygen atoms in total. The van der Waals surface area contributed by atoms with Crippen molar-refractivity contribution in [2.75, 3.05) is 0 Å². The molecule has 0 radical (unpaired) electrons. The summed E-state index contributed by atoms with van der Waals surface area (Å²) in [5, 5.41) is 31.5. The van der Waals surface area contributed by atoms with Crippen LogP contribution in [0.2, 0.25) is 0 Å². The second-order valence-corrected chi connectivity index (χ2v) is 4.64. The molecule has 8 heteroatoms. The van der Waals surface area contributed by atoms with Crippen molar-refractivity contribution in [3.8, 4) is 5.75 Å². The number of nitro groups is 1. The van der Waals surface area contributed by atoms with Gasteiger partial charge in [-0.1, -0.05) is 20.3 Å². The fourth-order valence-corrected chi connectivity index (χ4v) is 1.73. The van der Waals surface area contributed by atoms with Gasteiger partial charge >= 0.3 is 11.7 Å². The van der Waals surface area contributed by atoms with E-state index in [0.717, 1.165) is 18.2 Å². The van der Waals surface area contributed by atoms with Gasteiger partial charge in [0, 0.05) is 11.6 Å². The van der Waals surface area contributed by atoms with Crippen LogP contribution < -0.4 is 5.32 Å². The van der Waals surface area contributed by atoms with Gasteiger partial charge in [-0.3, -0.25) is 14.9 Å². The highest BCUT2D eigenvalue weighted by Gasteiger charge is 2.26. The fraction of sp³-hybridized carbons (Fsp3) is 0.385. The third-order valence-corrected chi connectivity index (χ3v) is 3.20. The molecule has 0 heterocycles. The number of nitrogens with zero attached hydrogens (tertiary/aromatic N) is 1. The van der Waals surface area contributed by atoms with Crippen molar-refractivity contribution in [1.82, 2.24) is 5.32 Å². The van der Waals surface area contributed by atoms with Crippen LogP contribution >= 0.6 is 0 Å². The molecule has 0 saturated carbocycles. The van der Waals surface area contributed by atoms with E-state index in [1.807, 2.05) is 0 Å². The molecule has 3 N–H and O–H groups in total. The Balaban J connectivity index is 2.96. The molecule has 1 amide bonds. The fourth-order valence-electron chi connectivity index (χ4n) is 1.73. The summed E-state index contributed by atoms with van der Waals surface area (Å²) in [6, 6.07) is 2.01. The van der Waals surface area contributed by atoms with Crippen LogP contribution in [-0.2, 0) is 4.79 Å². The zero-order valence-electron chi connectivity index (χ0n) is 11.6. The number of amides is 1. The van der Waals surface area contributed by atoms with Crippen LogP contribution in [0.1, 0.15) is 30.6 Å². The summed E-state index contributed by atoms with van der Waals surface area (Å²) in [6.07, 6.45) is 0.558. The van der Waals surface area contributed by atoms with Gasteiger partial charge in [0.1, 0.15) is 6.04 Å². The summed E-state index contributed by atoms with van der Waals surface area (Å²) in [4.78, 5) is 32.9. The Morgan fingerprint density at radius 1 is 1.43 bits per heavy atom. The summed E-state index contributed by atoms with van der Waals surface area (Å²) < 4.78 is 0. The van der Waals surface area contributed by atoms with Crippen LogP contribution in [0.3, 0.4) is 0 Å². The molecule has 0 saturated heterocycles. The standard InChI is InChI=1S/C13H16N2O6/c1-3-7(2)11(13(18)19)14-12(17)8-4-5-9(15(20)21)10(16)6-8/h4-7,11,16H,3H2,1-2H3,(H,14,17)(H,18,19)/t7-,11-/m0/s1. The van der Waals surface area contributed by atoms with E-state index in [-0.39, 0.29) is 11.5 Å². The van der Waals surface area contributed by atoms with Crippen LogP contribution in [0.15, 0.2) is 18.2 Å². The summed E-state index contributed by atoms with van der Waals surface area (Å²) in [5.74, 6) is -2.81. The zero-order valence-corrected chi connectivity index (χ0v) is 11.6. The lowest BCUT2D eigenvalue weighted by Gasteiger charge is -2.20. The van der Waals surface area contributed by atoms with Gasteiger partial charge in [0.05, 0.1) is 4.92 Å². The minimum atomic E-state index is -1.16. The van der Waals surface area contributed by atoms with Crippen molar-refractivity contribution < 1.29 is 24.7 Å². The maximum Gasteiger partial charge on any atom is 0.326 e. The van der Waals surface area contributed by atoms with Gasteiger partial charge in [0.2, 0.25) is 0 Å². The van der Waals surface area contributed by atoms with Crippen LogP contribution in [0.4, 0.5) is 5.69 Å². The summed E-state index contributed by atoms with van der Waals surface area (Å²) in [7, 11) is 0. The molecular weight excluding hydrogens is 280 g/mol. The lowest BCUT2D eigenvalue weighted by molar-refractivity contribution is -0.385. The van der Waals surface area contributed by atoms with Crippen molar-refractivity contribution >= 4 is 17.6 Å². The Morgan fingerprint density at radius 2 is 2.05 bits per heavy atom. The molecule has 0 bridgehead atoms. The highest BCUT2D eigenvalue weighted by Crippen LogP contribution is 2.26. The normalized spacial score (nSPS) is 13.2. The van der Waals surface area contributed by atoms with Crippen molar-refractivity contribution in [2.45, 2.75) is 26.3 Å². The number of rotatable bonds is 6. The third kappa shape index (κ3) is 3.91. The van der Waals surface area contributed by atoms with Crippen LogP contribution in [0.25, 0.3) is 0 Å². The van der Waals surface area contributed by atoms with Gasteiger partial charge in [0.25, 0.3) is 5.91 Å². The second-order valence-electron chi connectivity index (χ2n) is 4.64. The number of aromatic hydroxyl groups is 1. The molecule has 0 aliphatic rings. The molecule has 0 aliphatic heterocycles. The second kappa shape index (κ2) is 6.69. The lowest BCUT2D eigenvalue weighted by atomic mass is 9.99. The number of nitro benzene ring substituents is 1. The monoisotopic (exact) mass is 296 g/mol. The highest BCUT2D eigenvalue weighted by atomic mass is 16.6. The predicted molar refractivity (Wildman–Crippen MR) is 73.1 cm³/mol. The van der Waals surface area contributed by atoms with Gasteiger partial charge < -0.3 is 15.5 Å². The summed E-state index contributed by atoms with van der Waals surface area (Å²) in [6.45, 7) is 3.48. The molecule has 1 aromatic rings. The number of hydrogen-bond acceptors (Lipinski definition) is 5. The van der Waals surface area contributed by atoms with Crippen molar-refractivity contribution in [3.05, 3.63) is 33.9 Å². The number of hydrogen-bond donors (Lipinski definition) is 3. The molecule has 0 spiro atoms. The molecule has 114 valence electrons. The third-order valence-electron chi connectivity index (χ3n) is 3.20. The smallest absolute Gasteiger partial charge is 0.326 e. The maximum absolute atomic E-state index is 12.0. The lowest BCUT2D eigenvalue weighted by Crippen LogP contribution is -2.45. The van der Waals surface area contributed by atoms with E-state index >= 15 is 0 Å². The van der Waals surface area contributed by atoms with E-state index < -0.39 is 34.3 Å². The Morgan fingerprint density at radius 3 is 2.48 bits per heavy atom. The minimum Gasteiger partial charge on any atom is -0.502 e. The summed E-state index contributed by atoms with van der Waals surface area (Å²) >= 11 is 0. The number of phenolic OH excluding ortho intramolecular Hbond substituents is 1. The molecule has 0 fully saturated rings. The van der Waals surface area contributed by atoms with E-state index in [1.165, 1.54) is 0 Å². The first-order valence-corrected chi connectivity index (χ1v) is 6.29. The first kappa shape index (κ1) is 16.4. The number of benzene rings is 1. The Bertz CT molecular complexity index is 572. The SMILES string of the molecule is CC[C@H](C)[C@H](NC(=O)c1ccc([N+](=O)[O-])c(O)c1)C(=O)O.